The maximum atomic E-state index is 5.63. The van der Waals surface area contributed by atoms with Crippen molar-refractivity contribution in [2.75, 3.05) is 0 Å². The summed E-state index contributed by atoms with van der Waals surface area (Å²) in [5, 5.41) is 1.99. The van der Waals surface area contributed by atoms with Crippen LogP contribution in [0, 0.1) is 0 Å². The molecule has 1 aromatic carbocycles. The van der Waals surface area contributed by atoms with Crippen LogP contribution in [0.5, 0.6) is 0 Å². The largest absolute Gasteiger partial charge is 0.404 e. The predicted octanol–water partition coefficient (Wildman–Crippen LogP) is 0.496. The van der Waals surface area contributed by atoms with Crippen molar-refractivity contribution < 1.29 is 0 Å². The van der Waals surface area contributed by atoms with Crippen molar-refractivity contribution in [1.82, 2.24) is 0 Å². The normalized spacial score (nSPS) is 13.0. The van der Waals surface area contributed by atoms with Gasteiger partial charge in [0.25, 0.3) is 0 Å². The highest BCUT2D eigenvalue weighted by Gasteiger charge is 1.84. The van der Waals surface area contributed by atoms with Crippen LogP contribution in [-0.2, 0) is 0 Å². The molecule has 0 aliphatic heterocycles. The fourth-order valence-corrected chi connectivity index (χ4v) is 1.00. The topological polar surface area (TPSA) is 52.0 Å². The first-order chi connectivity index (χ1) is 6.25. The van der Waals surface area contributed by atoms with Gasteiger partial charge in [0.2, 0.25) is 0 Å². The molecular weight excluding hydrogens is 160 g/mol. The summed E-state index contributed by atoms with van der Waals surface area (Å²) in [5.74, 6) is 0. The zero-order valence-electron chi connectivity index (χ0n) is 8.54. The first-order valence-corrected chi connectivity index (χ1v) is 4.49. The van der Waals surface area contributed by atoms with Gasteiger partial charge in [-0.15, -0.1) is 0 Å². The fourth-order valence-electron chi connectivity index (χ4n) is 1.00. The molecule has 0 fully saturated rings. The van der Waals surface area contributed by atoms with Gasteiger partial charge in [-0.2, -0.15) is 0 Å². The molecule has 0 radical (unpaired) electrons. The summed E-state index contributed by atoms with van der Waals surface area (Å²) >= 11 is 0. The van der Waals surface area contributed by atoms with Crippen molar-refractivity contribution in [1.29, 1.82) is 0 Å². The third-order valence-corrected chi connectivity index (χ3v) is 1.57. The van der Waals surface area contributed by atoms with Gasteiger partial charge in [0, 0.05) is 17.1 Å². The third-order valence-electron chi connectivity index (χ3n) is 1.57. The maximum absolute atomic E-state index is 5.63. The number of benzene rings is 1. The summed E-state index contributed by atoms with van der Waals surface area (Å²) in [5.41, 5.74) is 11.8. The van der Waals surface area contributed by atoms with Gasteiger partial charge in [-0.05, 0) is 12.1 Å². The van der Waals surface area contributed by atoms with E-state index in [4.69, 9.17) is 11.5 Å². The molecule has 1 aromatic rings. The summed E-state index contributed by atoms with van der Waals surface area (Å²) in [4.78, 5) is 0. The molecule has 0 saturated heterocycles. The van der Waals surface area contributed by atoms with Crippen molar-refractivity contribution in [2.24, 2.45) is 11.5 Å². The number of rotatable bonds is 0. The molecule has 0 atom stereocenters. The van der Waals surface area contributed by atoms with Crippen LogP contribution < -0.4 is 21.9 Å². The van der Waals surface area contributed by atoms with Crippen molar-refractivity contribution in [3.05, 3.63) is 34.7 Å². The second kappa shape index (κ2) is 6.12. The Balaban J connectivity index is 0.000000671. The quantitative estimate of drug-likeness (QED) is 0.607. The Morgan fingerprint density at radius 3 is 2.15 bits per heavy atom. The zero-order valence-corrected chi connectivity index (χ0v) is 8.54. The minimum atomic E-state index is 0.794. The molecule has 0 spiro atoms. The molecule has 72 valence electrons. The average molecular weight is 178 g/mol. The summed E-state index contributed by atoms with van der Waals surface area (Å²) < 4.78 is 0. The summed E-state index contributed by atoms with van der Waals surface area (Å²) in [6.45, 7) is 5.86. The van der Waals surface area contributed by atoms with Crippen LogP contribution in [0.2, 0.25) is 0 Å². The Bertz CT molecular complexity index is 349. The number of nitrogens with two attached hydrogens (primary N) is 2. The molecule has 0 saturated carbocycles. The molecule has 4 N–H and O–H groups in total. The molecule has 2 heteroatoms. The molecule has 0 unspecified atom stereocenters. The Labute approximate surface area is 79.6 Å². The van der Waals surface area contributed by atoms with Crippen LogP contribution in [0.3, 0.4) is 0 Å². The van der Waals surface area contributed by atoms with Crippen molar-refractivity contribution >= 4 is 11.9 Å². The molecule has 2 nitrogen and oxygen atoms in total. The second-order valence-corrected chi connectivity index (χ2v) is 2.44. The standard InChI is InChI=1S/C9H12N2.C2H6/c1-7(11)9-5-3-2-4-8(9)6-10;1-2/h2-6H,10-11H2,1H3;1-2H3/b8-6-,9-7-;. The van der Waals surface area contributed by atoms with E-state index in [2.05, 4.69) is 0 Å². The molecule has 0 heterocycles. The molecule has 0 bridgehead atoms. The highest BCUT2D eigenvalue weighted by atomic mass is 14.5. The van der Waals surface area contributed by atoms with Gasteiger partial charge in [-0.25, -0.2) is 0 Å². The highest BCUT2D eigenvalue weighted by Crippen LogP contribution is 1.74. The SMILES string of the molecule is C/C(N)=c1\cccc\c1=C\N.CC. The lowest BCUT2D eigenvalue weighted by molar-refractivity contribution is 1.39. The fraction of sp³-hybridized carbons (Fsp3) is 0.273. The van der Waals surface area contributed by atoms with Gasteiger partial charge in [0.1, 0.15) is 0 Å². The van der Waals surface area contributed by atoms with E-state index in [0.717, 1.165) is 16.1 Å². The predicted molar refractivity (Wildman–Crippen MR) is 59.0 cm³/mol. The first-order valence-electron chi connectivity index (χ1n) is 4.49. The van der Waals surface area contributed by atoms with E-state index >= 15 is 0 Å². The lowest BCUT2D eigenvalue weighted by atomic mass is 10.2. The Kier molecular flexibility index (Phi) is 5.44. The van der Waals surface area contributed by atoms with Crippen molar-refractivity contribution in [3.63, 3.8) is 0 Å². The first kappa shape index (κ1) is 11.6. The zero-order chi connectivity index (χ0) is 10.3. The summed E-state index contributed by atoms with van der Waals surface area (Å²) in [6.07, 6.45) is 1.56. The third kappa shape index (κ3) is 3.20. The Morgan fingerprint density at radius 1 is 1.23 bits per heavy atom. The Hall–Kier alpha value is -1.44. The molecule has 13 heavy (non-hydrogen) atoms. The lowest BCUT2D eigenvalue weighted by Gasteiger charge is -1.91. The molecule has 0 aliphatic rings. The summed E-state index contributed by atoms with van der Waals surface area (Å²) in [7, 11) is 0. The number of hydrogen-bond donors (Lipinski definition) is 2. The van der Waals surface area contributed by atoms with Crippen LogP contribution in [0.1, 0.15) is 20.8 Å². The highest BCUT2D eigenvalue weighted by molar-refractivity contribution is 5.39. The van der Waals surface area contributed by atoms with Gasteiger partial charge >= 0.3 is 0 Å². The molecular formula is C11H18N2. The second-order valence-electron chi connectivity index (χ2n) is 2.44. The van der Waals surface area contributed by atoms with E-state index in [0.29, 0.717) is 0 Å². The minimum absolute atomic E-state index is 0.794. The van der Waals surface area contributed by atoms with Gasteiger partial charge in [0.05, 0.1) is 0 Å². The molecule has 1 rings (SSSR count). The monoisotopic (exact) mass is 178 g/mol. The van der Waals surface area contributed by atoms with Gasteiger partial charge in [-0.3, -0.25) is 0 Å². The van der Waals surface area contributed by atoms with Crippen molar-refractivity contribution in [3.8, 4) is 0 Å². The van der Waals surface area contributed by atoms with Crippen LogP contribution in [-0.4, -0.2) is 0 Å². The molecule has 0 amide bonds. The average Bonchev–Trinajstić information content (AvgIpc) is 2.20. The van der Waals surface area contributed by atoms with E-state index in [9.17, 15) is 0 Å². The summed E-state index contributed by atoms with van der Waals surface area (Å²) in [6, 6.07) is 7.77. The van der Waals surface area contributed by atoms with Crippen LogP contribution in [0.4, 0.5) is 0 Å². The lowest BCUT2D eigenvalue weighted by Crippen LogP contribution is -2.29. The van der Waals surface area contributed by atoms with Crippen molar-refractivity contribution in [2.45, 2.75) is 20.8 Å². The minimum Gasteiger partial charge on any atom is -0.404 e. The van der Waals surface area contributed by atoms with E-state index in [1.807, 2.05) is 45.0 Å². The van der Waals surface area contributed by atoms with E-state index in [1.54, 1.807) is 6.20 Å². The van der Waals surface area contributed by atoms with Crippen LogP contribution in [0.15, 0.2) is 24.3 Å². The van der Waals surface area contributed by atoms with Crippen LogP contribution >= 0.6 is 0 Å². The maximum Gasteiger partial charge on any atom is 0.0129 e. The Morgan fingerprint density at radius 2 is 1.77 bits per heavy atom. The smallest absolute Gasteiger partial charge is 0.0129 e. The van der Waals surface area contributed by atoms with Gasteiger partial charge in [-0.1, -0.05) is 38.1 Å². The van der Waals surface area contributed by atoms with E-state index in [-0.39, 0.29) is 0 Å². The number of hydrogen-bond acceptors (Lipinski definition) is 2. The van der Waals surface area contributed by atoms with Gasteiger partial charge in [0.15, 0.2) is 0 Å². The van der Waals surface area contributed by atoms with Crippen LogP contribution in [0.25, 0.3) is 11.9 Å². The van der Waals surface area contributed by atoms with Gasteiger partial charge < -0.3 is 11.5 Å². The molecule has 0 aromatic heterocycles. The molecule has 0 aliphatic carbocycles. The van der Waals surface area contributed by atoms with E-state index in [1.165, 1.54) is 0 Å². The van der Waals surface area contributed by atoms with E-state index < -0.39 is 0 Å².